The molecule has 0 aliphatic carbocycles. The number of hydrogen-bond acceptors (Lipinski definition) is 3. The van der Waals surface area contributed by atoms with Gasteiger partial charge in [0.05, 0.1) is 20.1 Å². The standard InChI is InChI=1S/C20H25NO3/c1-4-16-5-8-18(9-6-16)24-12-11-21-20(22)14-17-7-10-19(23-3)15(2)13-17/h5-10,13H,4,11-12,14H2,1-3H3,(H,21,22). The highest BCUT2D eigenvalue weighted by Crippen LogP contribution is 2.18. The van der Waals surface area contributed by atoms with Gasteiger partial charge >= 0.3 is 0 Å². The first-order valence-corrected chi connectivity index (χ1v) is 8.24. The molecule has 128 valence electrons. The summed E-state index contributed by atoms with van der Waals surface area (Å²) >= 11 is 0. The van der Waals surface area contributed by atoms with Gasteiger partial charge in [0.2, 0.25) is 5.91 Å². The molecule has 0 saturated carbocycles. The van der Waals surface area contributed by atoms with E-state index in [2.05, 4.69) is 24.4 Å². The molecule has 0 bridgehead atoms. The number of hydrogen-bond donors (Lipinski definition) is 1. The quantitative estimate of drug-likeness (QED) is 0.757. The Bertz CT molecular complexity index is 665. The lowest BCUT2D eigenvalue weighted by Gasteiger charge is -2.09. The SMILES string of the molecule is CCc1ccc(OCCNC(=O)Cc2ccc(OC)c(C)c2)cc1. The van der Waals surface area contributed by atoms with Crippen LogP contribution in [0.15, 0.2) is 42.5 Å². The van der Waals surface area contributed by atoms with Crippen molar-refractivity contribution in [1.82, 2.24) is 5.32 Å². The number of nitrogens with one attached hydrogen (secondary N) is 1. The molecule has 4 heteroatoms. The molecule has 0 aromatic heterocycles. The van der Waals surface area contributed by atoms with Crippen molar-refractivity contribution < 1.29 is 14.3 Å². The van der Waals surface area contributed by atoms with E-state index < -0.39 is 0 Å². The number of benzene rings is 2. The van der Waals surface area contributed by atoms with E-state index in [1.54, 1.807) is 7.11 Å². The second-order valence-corrected chi connectivity index (χ2v) is 5.68. The Morgan fingerprint density at radius 1 is 1.08 bits per heavy atom. The number of methoxy groups -OCH3 is 1. The summed E-state index contributed by atoms with van der Waals surface area (Å²) in [5.41, 5.74) is 3.29. The van der Waals surface area contributed by atoms with Gasteiger partial charge in [-0.05, 0) is 48.2 Å². The van der Waals surface area contributed by atoms with Crippen LogP contribution < -0.4 is 14.8 Å². The largest absolute Gasteiger partial charge is 0.496 e. The van der Waals surface area contributed by atoms with Gasteiger partial charge in [0.25, 0.3) is 0 Å². The molecular formula is C20H25NO3. The van der Waals surface area contributed by atoms with E-state index >= 15 is 0 Å². The van der Waals surface area contributed by atoms with E-state index in [1.807, 2.05) is 37.3 Å². The van der Waals surface area contributed by atoms with E-state index in [-0.39, 0.29) is 5.91 Å². The molecule has 0 atom stereocenters. The van der Waals surface area contributed by atoms with Gasteiger partial charge in [0, 0.05) is 0 Å². The minimum Gasteiger partial charge on any atom is -0.496 e. The molecule has 4 nitrogen and oxygen atoms in total. The molecule has 24 heavy (non-hydrogen) atoms. The zero-order valence-electron chi connectivity index (χ0n) is 14.6. The smallest absolute Gasteiger partial charge is 0.224 e. The van der Waals surface area contributed by atoms with Gasteiger partial charge in [-0.15, -0.1) is 0 Å². The summed E-state index contributed by atoms with van der Waals surface area (Å²) in [4.78, 5) is 12.0. The fourth-order valence-corrected chi connectivity index (χ4v) is 2.48. The van der Waals surface area contributed by atoms with Crippen LogP contribution in [0, 0.1) is 6.92 Å². The van der Waals surface area contributed by atoms with Crippen molar-refractivity contribution in [1.29, 1.82) is 0 Å². The van der Waals surface area contributed by atoms with Gasteiger partial charge in [-0.25, -0.2) is 0 Å². The number of carbonyl (C=O) groups is 1. The molecule has 0 saturated heterocycles. The minimum absolute atomic E-state index is 0.00972. The first-order chi connectivity index (χ1) is 11.6. The van der Waals surface area contributed by atoms with E-state index in [1.165, 1.54) is 5.56 Å². The van der Waals surface area contributed by atoms with E-state index in [9.17, 15) is 4.79 Å². The topological polar surface area (TPSA) is 47.6 Å². The Morgan fingerprint density at radius 3 is 2.42 bits per heavy atom. The van der Waals surface area contributed by atoms with E-state index in [0.717, 1.165) is 29.0 Å². The summed E-state index contributed by atoms with van der Waals surface area (Å²) in [6, 6.07) is 13.8. The first-order valence-electron chi connectivity index (χ1n) is 8.24. The van der Waals surface area contributed by atoms with E-state index in [4.69, 9.17) is 9.47 Å². The third-order valence-corrected chi connectivity index (χ3v) is 3.85. The van der Waals surface area contributed by atoms with Crippen LogP contribution in [0.1, 0.15) is 23.6 Å². The zero-order chi connectivity index (χ0) is 17.4. The molecule has 0 fully saturated rings. The molecule has 1 amide bonds. The average Bonchev–Trinajstić information content (AvgIpc) is 2.59. The maximum Gasteiger partial charge on any atom is 0.224 e. The Labute approximate surface area is 143 Å². The summed E-state index contributed by atoms with van der Waals surface area (Å²) in [6.07, 6.45) is 1.37. The van der Waals surface area contributed by atoms with Gasteiger partial charge in [0.1, 0.15) is 18.1 Å². The van der Waals surface area contributed by atoms with Crippen LogP contribution in [0.2, 0.25) is 0 Å². The summed E-state index contributed by atoms with van der Waals surface area (Å²) in [7, 11) is 1.64. The van der Waals surface area contributed by atoms with Crippen LogP contribution in [-0.2, 0) is 17.6 Å². The zero-order valence-corrected chi connectivity index (χ0v) is 14.6. The molecule has 0 radical (unpaired) electrons. The lowest BCUT2D eigenvalue weighted by atomic mass is 10.1. The van der Waals surface area contributed by atoms with Crippen LogP contribution in [0.4, 0.5) is 0 Å². The molecule has 2 aromatic rings. The predicted octanol–water partition coefficient (Wildman–Crippen LogP) is 3.30. The van der Waals surface area contributed by atoms with Gasteiger partial charge in [0.15, 0.2) is 0 Å². The number of rotatable bonds is 8. The Morgan fingerprint density at radius 2 is 1.79 bits per heavy atom. The first kappa shape index (κ1) is 17.9. The van der Waals surface area contributed by atoms with Crippen molar-refractivity contribution in [3.05, 3.63) is 59.2 Å². The Balaban J connectivity index is 1.72. The van der Waals surface area contributed by atoms with Gasteiger partial charge < -0.3 is 14.8 Å². The lowest BCUT2D eigenvalue weighted by Crippen LogP contribution is -2.29. The van der Waals surface area contributed by atoms with Crippen LogP contribution in [0.3, 0.4) is 0 Å². The number of carbonyl (C=O) groups excluding carboxylic acids is 1. The molecule has 0 unspecified atom stereocenters. The lowest BCUT2D eigenvalue weighted by molar-refractivity contribution is -0.120. The fourth-order valence-electron chi connectivity index (χ4n) is 2.48. The molecule has 0 aliphatic rings. The minimum atomic E-state index is -0.00972. The predicted molar refractivity (Wildman–Crippen MR) is 95.8 cm³/mol. The van der Waals surface area contributed by atoms with Crippen LogP contribution >= 0.6 is 0 Å². The summed E-state index contributed by atoms with van der Waals surface area (Å²) < 4.78 is 10.8. The molecule has 0 aliphatic heterocycles. The second kappa shape index (κ2) is 8.96. The van der Waals surface area contributed by atoms with Crippen molar-refractivity contribution in [3.63, 3.8) is 0 Å². The second-order valence-electron chi connectivity index (χ2n) is 5.68. The third-order valence-electron chi connectivity index (χ3n) is 3.85. The molecule has 0 heterocycles. The Hall–Kier alpha value is -2.49. The van der Waals surface area contributed by atoms with Gasteiger partial charge in [-0.2, -0.15) is 0 Å². The summed E-state index contributed by atoms with van der Waals surface area (Å²) in [5.74, 6) is 1.65. The van der Waals surface area contributed by atoms with Gasteiger partial charge in [-0.3, -0.25) is 4.79 Å². The fraction of sp³-hybridized carbons (Fsp3) is 0.350. The normalized spacial score (nSPS) is 10.3. The molecule has 0 spiro atoms. The van der Waals surface area contributed by atoms with Crippen molar-refractivity contribution in [2.75, 3.05) is 20.3 Å². The van der Waals surface area contributed by atoms with E-state index in [0.29, 0.717) is 19.6 Å². The molecule has 2 aromatic carbocycles. The number of amides is 1. The van der Waals surface area contributed by atoms with Crippen molar-refractivity contribution >= 4 is 5.91 Å². The monoisotopic (exact) mass is 327 g/mol. The highest BCUT2D eigenvalue weighted by atomic mass is 16.5. The van der Waals surface area contributed by atoms with Crippen LogP contribution in [0.5, 0.6) is 11.5 Å². The molecule has 2 rings (SSSR count). The number of aryl methyl sites for hydroxylation is 2. The van der Waals surface area contributed by atoms with Gasteiger partial charge in [-0.1, -0.05) is 31.2 Å². The van der Waals surface area contributed by atoms with Crippen molar-refractivity contribution in [2.45, 2.75) is 26.7 Å². The molecular weight excluding hydrogens is 302 g/mol. The van der Waals surface area contributed by atoms with Crippen LogP contribution in [0.25, 0.3) is 0 Å². The van der Waals surface area contributed by atoms with Crippen LogP contribution in [-0.4, -0.2) is 26.2 Å². The average molecular weight is 327 g/mol. The van der Waals surface area contributed by atoms with Crippen molar-refractivity contribution in [2.24, 2.45) is 0 Å². The molecule has 1 N–H and O–H groups in total. The highest BCUT2D eigenvalue weighted by Gasteiger charge is 2.05. The van der Waals surface area contributed by atoms with Crippen molar-refractivity contribution in [3.8, 4) is 11.5 Å². The number of ether oxygens (including phenoxy) is 2. The third kappa shape index (κ3) is 5.30. The summed E-state index contributed by atoms with van der Waals surface area (Å²) in [6.45, 7) is 5.04. The highest BCUT2D eigenvalue weighted by molar-refractivity contribution is 5.78. The maximum absolute atomic E-state index is 12.0. The summed E-state index contributed by atoms with van der Waals surface area (Å²) in [5, 5.41) is 2.88. The Kier molecular flexibility index (Phi) is 6.67. The maximum atomic E-state index is 12.0.